The van der Waals surface area contributed by atoms with E-state index in [0.717, 1.165) is 105 Å². The minimum atomic E-state index is 0.957. The van der Waals surface area contributed by atoms with Gasteiger partial charge in [-0.2, -0.15) is 0 Å². The van der Waals surface area contributed by atoms with E-state index in [1.165, 1.54) is 27.8 Å². The number of hydrogen-bond donors (Lipinski definition) is 0. The SMILES string of the molecule is CC.CC.CC.CC.CC.CC.CC.CC.Cc1ccc2cncnc2c1.Cc1ccc2ncccc2n1.Cc1ccc2ncncc2c1.Cc1cccc2cncnc12.Cc1cccc2ncncc12.Cc1ccnc2cccnc12.Cc1cnc2cccnc2c1.Cc1ncnc2ccccc12. The number of benzene rings is 5. The van der Waals surface area contributed by atoms with Crippen LogP contribution >= 0.6 is 0 Å². The highest BCUT2D eigenvalue weighted by Gasteiger charge is 2.00. The summed E-state index contributed by atoms with van der Waals surface area (Å²) in [4.78, 5) is 65.8. The maximum atomic E-state index is 4.31. The number of fused-ring (bicyclic) bond motifs is 8. The minimum Gasteiger partial charge on any atom is -0.255 e. The fourth-order valence-electron chi connectivity index (χ4n) is 8.87. The first-order valence-electron chi connectivity index (χ1n) is 36.3. The topological polar surface area (TPSA) is 206 Å². The van der Waals surface area contributed by atoms with Crippen molar-refractivity contribution in [2.75, 3.05) is 0 Å². The van der Waals surface area contributed by atoms with Crippen molar-refractivity contribution in [3.05, 3.63) is 290 Å². The summed E-state index contributed by atoms with van der Waals surface area (Å²) in [5.74, 6) is 0. The van der Waals surface area contributed by atoms with E-state index in [9.17, 15) is 0 Å². The van der Waals surface area contributed by atoms with Crippen LogP contribution in [0.25, 0.3) is 87.6 Å². The van der Waals surface area contributed by atoms with E-state index < -0.39 is 0 Å². The second-order valence-electron chi connectivity index (χ2n) is 20.3. The minimum absolute atomic E-state index is 0.957. The highest BCUT2D eigenvalue weighted by atomic mass is 14.8. The molecule has 0 spiro atoms. The molecule has 0 atom stereocenters. The van der Waals surface area contributed by atoms with Gasteiger partial charge in [-0.25, -0.2) is 49.8 Å². The Hall–Kier alpha value is -11.5. The number of nitrogens with zero attached hydrogens (tertiary/aromatic N) is 16. The first kappa shape index (κ1) is 90.5. The van der Waals surface area contributed by atoms with Crippen LogP contribution in [0.3, 0.4) is 0 Å². The number of pyridine rings is 6. The van der Waals surface area contributed by atoms with Gasteiger partial charge in [0.2, 0.25) is 0 Å². The molecule has 0 radical (unpaired) electrons. The summed E-state index contributed by atoms with van der Waals surface area (Å²) in [5.41, 5.74) is 20.2. The van der Waals surface area contributed by atoms with E-state index in [0.29, 0.717) is 0 Å². The van der Waals surface area contributed by atoms with Gasteiger partial charge in [-0.15, -0.1) is 0 Å². The quantitative estimate of drug-likeness (QED) is 0.138. The predicted molar refractivity (Wildman–Crippen MR) is 445 cm³/mol. The summed E-state index contributed by atoms with van der Waals surface area (Å²) < 4.78 is 0. The summed E-state index contributed by atoms with van der Waals surface area (Å²) in [7, 11) is 0. The van der Waals surface area contributed by atoms with Crippen LogP contribution in [-0.4, -0.2) is 79.7 Å². The van der Waals surface area contributed by atoms with Crippen molar-refractivity contribution in [2.45, 2.75) is 166 Å². The largest absolute Gasteiger partial charge is 0.255 e. The van der Waals surface area contributed by atoms with Crippen molar-refractivity contribution in [1.82, 2.24) is 79.7 Å². The van der Waals surface area contributed by atoms with Gasteiger partial charge < -0.3 is 0 Å². The lowest BCUT2D eigenvalue weighted by atomic mass is 10.1. The smallest absolute Gasteiger partial charge is 0.116 e. The van der Waals surface area contributed by atoms with Gasteiger partial charge in [0.1, 0.15) is 31.6 Å². The molecule has 0 unspecified atom stereocenters. The number of hydrogen-bond acceptors (Lipinski definition) is 16. The highest BCUT2D eigenvalue weighted by Crippen LogP contribution is 2.17. The Morgan fingerprint density at radius 2 is 0.692 bits per heavy atom. The standard InChI is InChI=1S/8C9H8N2.8C2H6/c1-7-2-3-9-8(4-7)5-10-6-11-9;1-7-2-3-8-5-10-6-11-9(8)4-7;1-7-4-5-8-9(11-7)3-2-6-10-8;1-7-4-6-10-8-3-2-5-11-9(7)8;1-7-5-9-8(11-6-7)3-2-4-10-9;1-7-3-2-4-9-8(7)5-10-6-11-9;1-7-3-2-4-8-5-10-6-11-9(7)8;1-7-8-4-2-3-5-9(8)11-6-10-7;8*1-2/h8*2-6H,1H3;8*1-2H3. The molecule has 0 saturated carbocycles. The predicted octanol–water partition coefficient (Wildman–Crippen LogP) is 23.7. The molecular weight excluding hydrogens is 1280 g/mol. The average molecular weight is 1390 g/mol. The Morgan fingerprint density at radius 1 is 0.221 bits per heavy atom. The molecule has 0 aliphatic carbocycles. The molecule has 16 nitrogen and oxygen atoms in total. The van der Waals surface area contributed by atoms with Gasteiger partial charge in [0.25, 0.3) is 0 Å². The molecule has 0 bridgehead atoms. The van der Waals surface area contributed by atoms with Gasteiger partial charge in [-0.3, -0.25) is 29.9 Å². The molecule has 16 aromatic rings. The highest BCUT2D eigenvalue weighted by molar-refractivity contribution is 5.83. The summed E-state index contributed by atoms with van der Waals surface area (Å²) in [6.45, 7) is 48.3. The zero-order valence-electron chi connectivity index (χ0n) is 66.2. The Morgan fingerprint density at radius 3 is 1.36 bits per heavy atom. The van der Waals surface area contributed by atoms with Gasteiger partial charge in [0.05, 0.1) is 60.7 Å². The molecule has 16 rings (SSSR count). The van der Waals surface area contributed by atoms with Gasteiger partial charge >= 0.3 is 0 Å². The molecular formula is C88H112N16. The number of aryl methyl sites for hydroxylation is 8. The van der Waals surface area contributed by atoms with E-state index in [1.54, 1.807) is 56.4 Å². The van der Waals surface area contributed by atoms with E-state index in [4.69, 9.17) is 0 Å². The van der Waals surface area contributed by atoms with Gasteiger partial charge in [0.15, 0.2) is 0 Å². The summed E-state index contributed by atoms with van der Waals surface area (Å²) in [6.07, 6.45) is 24.2. The van der Waals surface area contributed by atoms with Gasteiger partial charge in [-0.05, 0) is 174 Å². The summed E-state index contributed by atoms with van der Waals surface area (Å²) >= 11 is 0. The van der Waals surface area contributed by atoms with Crippen molar-refractivity contribution in [1.29, 1.82) is 0 Å². The number of rotatable bonds is 0. The third kappa shape index (κ3) is 31.2. The first-order chi connectivity index (χ1) is 50.9. The molecule has 0 fully saturated rings. The lowest BCUT2D eigenvalue weighted by molar-refractivity contribution is 1.15. The maximum absolute atomic E-state index is 4.31. The van der Waals surface area contributed by atoms with E-state index in [-0.39, 0.29) is 0 Å². The molecule has 16 heteroatoms. The Labute approximate surface area is 620 Å². The van der Waals surface area contributed by atoms with Gasteiger partial charge in [-0.1, -0.05) is 183 Å². The molecule has 11 heterocycles. The second-order valence-corrected chi connectivity index (χ2v) is 20.3. The molecule has 0 amide bonds. The molecule has 104 heavy (non-hydrogen) atoms. The van der Waals surface area contributed by atoms with E-state index in [1.807, 2.05) is 291 Å². The molecule has 0 N–H and O–H groups in total. The number of para-hydroxylation sites is 2. The van der Waals surface area contributed by atoms with Crippen molar-refractivity contribution >= 4 is 87.6 Å². The lowest BCUT2D eigenvalue weighted by Crippen LogP contribution is -1.85. The normalized spacial score (nSPS) is 9.15. The fourth-order valence-corrected chi connectivity index (χ4v) is 8.87. The maximum Gasteiger partial charge on any atom is 0.116 e. The summed E-state index contributed by atoms with van der Waals surface area (Å²) in [5, 5.41) is 5.57. The monoisotopic (exact) mass is 1390 g/mol. The lowest BCUT2D eigenvalue weighted by Gasteiger charge is -1.97. The van der Waals surface area contributed by atoms with Crippen molar-refractivity contribution < 1.29 is 0 Å². The van der Waals surface area contributed by atoms with Crippen LogP contribution in [0.2, 0.25) is 0 Å². The molecule has 11 aromatic heterocycles. The van der Waals surface area contributed by atoms with Crippen LogP contribution in [0.1, 0.15) is 156 Å². The van der Waals surface area contributed by atoms with Crippen LogP contribution in [-0.2, 0) is 0 Å². The van der Waals surface area contributed by atoms with E-state index >= 15 is 0 Å². The molecule has 5 aromatic carbocycles. The molecule has 0 aliphatic heterocycles. The van der Waals surface area contributed by atoms with Crippen LogP contribution in [0.4, 0.5) is 0 Å². The molecule has 0 aliphatic rings. The Kier molecular flexibility index (Phi) is 48.0. The van der Waals surface area contributed by atoms with Crippen LogP contribution in [0, 0.1) is 55.4 Å². The Balaban J connectivity index is 0.000000578. The average Bonchev–Trinajstić information content (AvgIpc) is 0.866. The molecule has 544 valence electrons. The van der Waals surface area contributed by atoms with Crippen LogP contribution in [0.5, 0.6) is 0 Å². The third-order valence-corrected chi connectivity index (χ3v) is 13.5. The van der Waals surface area contributed by atoms with Crippen LogP contribution in [0.15, 0.2) is 245 Å². The first-order valence-corrected chi connectivity index (χ1v) is 36.3. The second kappa shape index (κ2) is 55.2. The fraction of sp³-hybridized carbons (Fsp3) is 0.273. The van der Waals surface area contributed by atoms with E-state index in [2.05, 4.69) is 144 Å². The van der Waals surface area contributed by atoms with Crippen molar-refractivity contribution in [3.63, 3.8) is 0 Å². The van der Waals surface area contributed by atoms with Crippen molar-refractivity contribution in [2.24, 2.45) is 0 Å². The van der Waals surface area contributed by atoms with Crippen LogP contribution < -0.4 is 0 Å². The zero-order chi connectivity index (χ0) is 77.5. The Bertz CT molecular complexity index is 4250. The molecule has 0 saturated heterocycles. The summed E-state index contributed by atoms with van der Waals surface area (Å²) in [6, 6.07) is 52.0. The van der Waals surface area contributed by atoms with Crippen molar-refractivity contribution in [3.8, 4) is 0 Å². The van der Waals surface area contributed by atoms with Gasteiger partial charge in [0, 0.05) is 94.1 Å². The third-order valence-electron chi connectivity index (χ3n) is 13.5. The number of aromatic nitrogens is 16. The zero-order valence-corrected chi connectivity index (χ0v) is 66.2.